The van der Waals surface area contributed by atoms with E-state index in [9.17, 15) is 0 Å². The topological polar surface area (TPSA) is 12.0 Å². The van der Waals surface area contributed by atoms with Crippen molar-refractivity contribution in [1.29, 1.82) is 0 Å². The third kappa shape index (κ3) is 1.94. The van der Waals surface area contributed by atoms with Gasteiger partial charge < -0.3 is 5.32 Å². The van der Waals surface area contributed by atoms with Crippen LogP contribution in [0.5, 0.6) is 0 Å². The van der Waals surface area contributed by atoms with Gasteiger partial charge in [-0.2, -0.15) is 0 Å². The van der Waals surface area contributed by atoms with Gasteiger partial charge >= 0.3 is 0 Å². The first-order valence-electron chi connectivity index (χ1n) is 5.07. The van der Waals surface area contributed by atoms with E-state index in [0.29, 0.717) is 5.92 Å². The molecule has 2 rings (SSSR count). The minimum absolute atomic E-state index is 0.696. The third-order valence-electron chi connectivity index (χ3n) is 2.91. The van der Waals surface area contributed by atoms with Gasteiger partial charge in [-0.1, -0.05) is 6.92 Å². The molecule has 1 fully saturated rings. The molecule has 0 amide bonds. The van der Waals surface area contributed by atoms with Crippen LogP contribution in [0.2, 0.25) is 0 Å². The molecule has 13 heavy (non-hydrogen) atoms. The average molecular weight is 195 g/mol. The second kappa shape index (κ2) is 3.81. The van der Waals surface area contributed by atoms with E-state index >= 15 is 0 Å². The molecule has 1 aromatic rings. The Balaban J connectivity index is 2.07. The van der Waals surface area contributed by atoms with Crippen molar-refractivity contribution in [3.8, 4) is 0 Å². The summed E-state index contributed by atoms with van der Waals surface area (Å²) in [6, 6.07) is 5.23. The SMILES string of the molecule is Cc1ccc(C(C)C2CCCN2)s1. The lowest BCUT2D eigenvalue weighted by Crippen LogP contribution is -2.26. The Hall–Kier alpha value is -0.340. The van der Waals surface area contributed by atoms with Crippen molar-refractivity contribution in [1.82, 2.24) is 5.32 Å². The molecule has 72 valence electrons. The number of rotatable bonds is 2. The molecule has 0 bridgehead atoms. The number of nitrogens with one attached hydrogen (secondary N) is 1. The largest absolute Gasteiger partial charge is 0.313 e. The van der Waals surface area contributed by atoms with Gasteiger partial charge in [-0.3, -0.25) is 0 Å². The second-order valence-corrected chi connectivity index (χ2v) is 5.26. The van der Waals surface area contributed by atoms with E-state index in [4.69, 9.17) is 0 Å². The van der Waals surface area contributed by atoms with Crippen LogP contribution in [0.25, 0.3) is 0 Å². The molecule has 1 aliphatic rings. The Bertz CT molecular complexity index is 273. The van der Waals surface area contributed by atoms with Gasteiger partial charge in [0.05, 0.1) is 0 Å². The summed E-state index contributed by atoms with van der Waals surface area (Å²) in [5.74, 6) is 0.696. The molecule has 1 N–H and O–H groups in total. The Morgan fingerprint density at radius 2 is 2.38 bits per heavy atom. The van der Waals surface area contributed by atoms with Crippen LogP contribution in [0.3, 0.4) is 0 Å². The quantitative estimate of drug-likeness (QED) is 0.765. The first-order valence-corrected chi connectivity index (χ1v) is 5.89. The maximum absolute atomic E-state index is 3.57. The lowest BCUT2D eigenvalue weighted by molar-refractivity contribution is 0.523. The van der Waals surface area contributed by atoms with Crippen LogP contribution in [0.15, 0.2) is 12.1 Å². The molecule has 1 nitrogen and oxygen atoms in total. The highest BCUT2D eigenvalue weighted by Gasteiger charge is 2.22. The van der Waals surface area contributed by atoms with Gasteiger partial charge in [0.25, 0.3) is 0 Å². The summed E-state index contributed by atoms with van der Waals surface area (Å²) >= 11 is 1.94. The zero-order chi connectivity index (χ0) is 9.26. The fraction of sp³-hybridized carbons (Fsp3) is 0.636. The molecule has 2 heteroatoms. The van der Waals surface area contributed by atoms with Gasteiger partial charge in [0.15, 0.2) is 0 Å². The molecule has 2 atom stereocenters. The maximum atomic E-state index is 3.57. The van der Waals surface area contributed by atoms with Gasteiger partial charge in [-0.05, 0) is 38.4 Å². The number of hydrogen-bond acceptors (Lipinski definition) is 2. The summed E-state index contributed by atoms with van der Waals surface area (Å²) in [7, 11) is 0. The van der Waals surface area contributed by atoms with Crippen LogP contribution in [0.4, 0.5) is 0 Å². The van der Waals surface area contributed by atoms with E-state index in [-0.39, 0.29) is 0 Å². The highest BCUT2D eigenvalue weighted by atomic mass is 32.1. The molecule has 0 radical (unpaired) electrons. The Morgan fingerprint density at radius 1 is 1.54 bits per heavy atom. The molecular weight excluding hydrogens is 178 g/mol. The Labute approximate surface area is 84.2 Å². The zero-order valence-corrected chi connectivity index (χ0v) is 9.16. The average Bonchev–Trinajstić information content (AvgIpc) is 2.72. The first kappa shape index (κ1) is 9.22. The van der Waals surface area contributed by atoms with Gasteiger partial charge in [0, 0.05) is 21.7 Å². The van der Waals surface area contributed by atoms with Crippen molar-refractivity contribution >= 4 is 11.3 Å². The summed E-state index contributed by atoms with van der Waals surface area (Å²) < 4.78 is 0. The third-order valence-corrected chi connectivity index (χ3v) is 4.11. The minimum atomic E-state index is 0.696. The molecule has 2 unspecified atom stereocenters. The number of aryl methyl sites for hydroxylation is 1. The number of hydrogen-bond donors (Lipinski definition) is 1. The van der Waals surface area contributed by atoms with Gasteiger partial charge in [-0.15, -0.1) is 11.3 Å². The van der Waals surface area contributed by atoms with Crippen LogP contribution in [0.1, 0.15) is 35.4 Å². The summed E-state index contributed by atoms with van der Waals surface area (Å²) in [5.41, 5.74) is 0. The molecule has 1 aliphatic heterocycles. The summed E-state index contributed by atoms with van der Waals surface area (Å²) in [6.45, 7) is 5.73. The number of thiophene rings is 1. The zero-order valence-electron chi connectivity index (χ0n) is 8.34. The lowest BCUT2D eigenvalue weighted by atomic mass is 9.99. The molecule has 1 saturated heterocycles. The van der Waals surface area contributed by atoms with Gasteiger partial charge in [0.1, 0.15) is 0 Å². The Kier molecular flexibility index (Phi) is 2.70. The normalized spacial score (nSPS) is 24.9. The molecule has 2 heterocycles. The van der Waals surface area contributed by atoms with E-state index in [2.05, 4.69) is 31.3 Å². The van der Waals surface area contributed by atoms with E-state index in [1.54, 1.807) is 0 Å². The monoisotopic (exact) mass is 195 g/mol. The van der Waals surface area contributed by atoms with E-state index in [0.717, 1.165) is 6.04 Å². The van der Waals surface area contributed by atoms with Crippen LogP contribution in [-0.2, 0) is 0 Å². The van der Waals surface area contributed by atoms with E-state index in [1.165, 1.54) is 29.1 Å². The van der Waals surface area contributed by atoms with Gasteiger partial charge in [0.2, 0.25) is 0 Å². The second-order valence-electron chi connectivity index (χ2n) is 3.94. The van der Waals surface area contributed by atoms with Crippen molar-refractivity contribution < 1.29 is 0 Å². The highest BCUT2D eigenvalue weighted by molar-refractivity contribution is 7.12. The predicted octanol–water partition coefficient (Wildman–Crippen LogP) is 2.91. The highest BCUT2D eigenvalue weighted by Crippen LogP contribution is 2.29. The van der Waals surface area contributed by atoms with Crippen molar-refractivity contribution in [3.05, 3.63) is 21.9 Å². The molecule has 0 saturated carbocycles. The van der Waals surface area contributed by atoms with E-state index < -0.39 is 0 Å². The molecule has 0 aliphatic carbocycles. The first-order chi connectivity index (χ1) is 6.27. The lowest BCUT2D eigenvalue weighted by Gasteiger charge is -2.17. The molecule has 0 spiro atoms. The smallest absolute Gasteiger partial charge is 0.0141 e. The summed E-state index contributed by atoms with van der Waals surface area (Å²) in [5, 5.41) is 3.57. The maximum Gasteiger partial charge on any atom is 0.0141 e. The predicted molar refractivity (Wildman–Crippen MR) is 58.5 cm³/mol. The van der Waals surface area contributed by atoms with Crippen LogP contribution in [-0.4, -0.2) is 12.6 Å². The van der Waals surface area contributed by atoms with E-state index in [1.807, 2.05) is 11.3 Å². The molecular formula is C11H17NS. The minimum Gasteiger partial charge on any atom is -0.313 e. The van der Waals surface area contributed by atoms with Crippen LogP contribution < -0.4 is 5.32 Å². The Morgan fingerprint density at radius 3 is 2.92 bits per heavy atom. The van der Waals surface area contributed by atoms with Crippen molar-refractivity contribution in [3.63, 3.8) is 0 Å². The van der Waals surface area contributed by atoms with Crippen LogP contribution >= 0.6 is 11.3 Å². The summed E-state index contributed by atoms with van der Waals surface area (Å²) in [6.07, 6.45) is 2.69. The van der Waals surface area contributed by atoms with Gasteiger partial charge in [-0.25, -0.2) is 0 Å². The fourth-order valence-electron chi connectivity index (χ4n) is 2.03. The fourth-order valence-corrected chi connectivity index (χ4v) is 3.03. The molecule has 0 aromatic carbocycles. The standard InChI is InChI=1S/C11H17NS/c1-8-5-6-11(13-8)9(2)10-4-3-7-12-10/h5-6,9-10,12H,3-4,7H2,1-2H3. The van der Waals surface area contributed by atoms with Crippen molar-refractivity contribution in [2.24, 2.45) is 0 Å². The summed E-state index contributed by atoms with van der Waals surface area (Å²) in [4.78, 5) is 2.97. The van der Waals surface area contributed by atoms with Crippen LogP contribution in [0, 0.1) is 6.92 Å². The van der Waals surface area contributed by atoms with Crippen molar-refractivity contribution in [2.45, 2.75) is 38.6 Å². The van der Waals surface area contributed by atoms with Crippen molar-refractivity contribution in [2.75, 3.05) is 6.54 Å². The molecule has 1 aromatic heterocycles.